The maximum absolute atomic E-state index is 11.1. The van der Waals surface area contributed by atoms with E-state index < -0.39 is 11.5 Å². The topological polar surface area (TPSA) is 40.5 Å². The van der Waals surface area contributed by atoms with Crippen molar-refractivity contribution in [1.82, 2.24) is 4.90 Å². The van der Waals surface area contributed by atoms with Gasteiger partial charge in [0.15, 0.2) is 0 Å². The van der Waals surface area contributed by atoms with Gasteiger partial charge in [-0.05, 0) is 46.1 Å². The molecule has 1 rings (SSSR count). The van der Waals surface area contributed by atoms with Crippen molar-refractivity contribution in [3.05, 3.63) is 0 Å². The van der Waals surface area contributed by atoms with E-state index in [-0.39, 0.29) is 0 Å². The van der Waals surface area contributed by atoms with Gasteiger partial charge in [-0.1, -0.05) is 6.92 Å². The van der Waals surface area contributed by atoms with Crippen molar-refractivity contribution in [1.29, 1.82) is 0 Å². The maximum Gasteiger partial charge on any atom is 0.323 e. The summed E-state index contributed by atoms with van der Waals surface area (Å²) in [4.78, 5) is 13.2. The fraction of sp³-hybridized carbons (Fsp3) is 0.909. The zero-order valence-electron chi connectivity index (χ0n) is 9.58. The van der Waals surface area contributed by atoms with E-state index in [1.54, 1.807) is 13.8 Å². The summed E-state index contributed by atoms with van der Waals surface area (Å²) in [5.41, 5.74) is -0.739. The van der Waals surface area contributed by atoms with Gasteiger partial charge in [-0.3, -0.25) is 9.69 Å². The van der Waals surface area contributed by atoms with Gasteiger partial charge in [0, 0.05) is 6.04 Å². The Labute approximate surface area is 86.1 Å². The number of likely N-dealkylation sites (N-methyl/N-ethyl adjacent to an activating group) is 1. The van der Waals surface area contributed by atoms with Crippen molar-refractivity contribution in [2.75, 3.05) is 6.54 Å². The molecule has 0 bridgehead atoms. The molecule has 3 heteroatoms. The first-order valence-electron chi connectivity index (χ1n) is 5.41. The van der Waals surface area contributed by atoms with E-state index in [0.717, 1.165) is 6.54 Å². The molecule has 1 N–H and O–H groups in total. The lowest BCUT2D eigenvalue weighted by atomic mass is 9.99. The predicted octanol–water partition coefficient (Wildman–Crippen LogP) is 1.97. The van der Waals surface area contributed by atoms with E-state index in [4.69, 9.17) is 5.11 Å². The minimum Gasteiger partial charge on any atom is -0.480 e. The van der Waals surface area contributed by atoms with E-state index in [1.807, 2.05) is 6.92 Å². The molecule has 1 fully saturated rings. The van der Waals surface area contributed by atoms with Crippen LogP contribution in [0.25, 0.3) is 0 Å². The van der Waals surface area contributed by atoms with Crippen molar-refractivity contribution in [3.8, 4) is 0 Å². The Morgan fingerprint density at radius 3 is 2.36 bits per heavy atom. The molecule has 0 amide bonds. The molecule has 0 aromatic heterocycles. The highest BCUT2D eigenvalue weighted by atomic mass is 16.4. The molecule has 14 heavy (non-hydrogen) atoms. The van der Waals surface area contributed by atoms with Crippen LogP contribution in [0.2, 0.25) is 0 Å². The summed E-state index contributed by atoms with van der Waals surface area (Å²) in [5.74, 6) is -0.0135. The molecule has 0 spiro atoms. The van der Waals surface area contributed by atoms with Gasteiger partial charge in [0.1, 0.15) is 5.54 Å². The minimum absolute atomic E-state index is 0.395. The predicted molar refractivity (Wildman–Crippen MR) is 56.3 cm³/mol. The zero-order valence-corrected chi connectivity index (χ0v) is 9.58. The molecule has 0 heterocycles. The largest absolute Gasteiger partial charge is 0.480 e. The smallest absolute Gasteiger partial charge is 0.323 e. The number of aliphatic carboxylic acids is 1. The normalized spacial score (nSPS) is 19.8. The van der Waals surface area contributed by atoms with Crippen molar-refractivity contribution < 1.29 is 9.90 Å². The van der Waals surface area contributed by atoms with Gasteiger partial charge < -0.3 is 5.11 Å². The van der Waals surface area contributed by atoms with E-state index in [2.05, 4.69) is 11.8 Å². The molecule has 0 aromatic rings. The summed E-state index contributed by atoms with van der Waals surface area (Å²) in [7, 11) is 0. The molecule has 0 saturated heterocycles. The monoisotopic (exact) mass is 199 g/mol. The van der Waals surface area contributed by atoms with Crippen LogP contribution in [0.3, 0.4) is 0 Å². The Kier molecular flexibility index (Phi) is 3.20. The highest BCUT2D eigenvalue weighted by molar-refractivity contribution is 5.77. The number of carboxylic acids is 1. The highest BCUT2D eigenvalue weighted by Gasteiger charge is 2.41. The number of hydrogen-bond acceptors (Lipinski definition) is 2. The fourth-order valence-corrected chi connectivity index (χ4v) is 2.15. The molecule has 0 aromatic carbocycles. The number of rotatable bonds is 5. The highest BCUT2D eigenvalue weighted by Crippen LogP contribution is 2.37. The van der Waals surface area contributed by atoms with Crippen LogP contribution in [-0.2, 0) is 4.79 Å². The van der Waals surface area contributed by atoms with E-state index >= 15 is 0 Å². The van der Waals surface area contributed by atoms with Gasteiger partial charge in [0.25, 0.3) is 0 Å². The Morgan fingerprint density at radius 1 is 1.57 bits per heavy atom. The number of nitrogens with zero attached hydrogens (tertiary/aromatic N) is 1. The SMILES string of the molecule is CCN(C(C)C1CC1)C(C)(C)C(=O)O. The van der Waals surface area contributed by atoms with E-state index in [9.17, 15) is 4.79 Å². The molecule has 82 valence electrons. The first kappa shape index (κ1) is 11.5. The molecule has 3 nitrogen and oxygen atoms in total. The third-order valence-electron chi connectivity index (χ3n) is 3.38. The van der Waals surface area contributed by atoms with Crippen molar-refractivity contribution in [2.45, 2.75) is 52.1 Å². The maximum atomic E-state index is 11.1. The molecule has 0 aliphatic heterocycles. The molecule has 1 aliphatic carbocycles. The van der Waals surface area contributed by atoms with Crippen molar-refractivity contribution >= 4 is 5.97 Å². The van der Waals surface area contributed by atoms with Crippen LogP contribution in [0.4, 0.5) is 0 Å². The molecule has 1 unspecified atom stereocenters. The van der Waals surface area contributed by atoms with E-state index in [0.29, 0.717) is 12.0 Å². The summed E-state index contributed by atoms with van der Waals surface area (Å²) < 4.78 is 0. The van der Waals surface area contributed by atoms with Crippen LogP contribution in [-0.4, -0.2) is 34.1 Å². The van der Waals surface area contributed by atoms with Crippen LogP contribution in [0.15, 0.2) is 0 Å². The third kappa shape index (κ3) is 2.08. The quantitative estimate of drug-likeness (QED) is 0.736. The minimum atomic E-state index is -0.739. The van der Waals surface area contributed by atoms with Crippen molar-refractivity contribution in [2.24, 2.45) is 5.92 Å². The zero-order chi connectivity index (χ0) is 10.9. The first-order chi connectivity index (χ1) is 6.41. The standard InChI is InChI=1S/C11H21NO2/c1-5-12(8(2)9-6-7-9)11(3,4)10(13)14/h8-9H,5-7H2,1-4H3,(H,13,14). The lowest BCUT2D eigenvalue weighted by molar-refractivity contribution is -0.151. The first-order valence-corrected chi connectivity index (χ1v) is 5.41. The van der Waals surface area contributed by atoms with Crippen molar-refractivity contribution in [3.63, 3.8) is 0 Å². The lowest BCUT2D eigenvalue weighted by Gasteiger charge is -2.39. The van der Waals surface area contributed by atoms with Crippen LogP contribution in [0, 0.1) is 5.92 Å². The molecular formula is C11H21NO2. The average Bonchev–Trinajstić information content (AvgIpc) is 2.86. The molecule has 1 saturated carbocycles. The van der Waals surface area contributed by atoms with Gasteiger partial charge in [-0.25, -0.2) is 0 Å². The Bertz CT molecular complexity index is 221. The number of hydrogen-bond donors (Lipinski definition) is 1. The second kappa shape index (κ2) is 3.89. The summed E-state index contributed by atoms with van der Waals surface area (Å²) in [5, 5.41) is 9.15. The fourth-order valence-electron chi connectivity index (χ4n) is 2.15. The van der Waals surface area contributed by atoms with Crippen LogP contribution in [0.1, 0.15) is 40.5 Å². The van der Waals surface area contributed by atoms with E-state index in [1.165, 1.54) is 12.8 Å². The lowest BCUT2D eigenvalue weighted by Crippen LogP contribution is -2.54. The summed E-state index contributed by atoms with van der Waals surface area (Å²) in [6.45, 7) is 8.56. The Morgan fingerprint density at radius 2 is 2.07 bits per heavy atom. The molecular weight excluding hydrogens is 178 g/mol. The number of carbonyl (C=O) groups is 1. The van der Waals surface area contributed by atoms with Gasteiger partial charge in [0.05, 0.1) is 0 Å². The van der Waals surface area contributed by atoms with Gasteiger partial charge in [-0.2, -0.15) is 0 Å². The van der Waals surface area contributed by atoms with Crippen LogP contribution >= 0.6 is 0 Å². The van der Waals surface area contributed by atoms with Gasteiger partial charge in [-0.15, -0.1) is 0 Å². The second-order valence-electron chi connectivity index (χ2n) is 4.73. The van der Waals surface area contributed by atoms with Crippen LogP contribution in [0.5, 0.6) is 0 Å². The summed E-state index contributed by atoms with van der Waals surface area (Å²) >= 11 is 0. The average molecular weight is 199 g/mol. The third-order valence-corrected chi connectivity index (χ3v) is 3.38. The summed E-state index contributed by atoms with van der Waals surface area (Å²) in [6.07, 6.45) is 2.51. The van der Waals surface area contributed by atoms with Crippen LogP contribution < -0.4 is 0 Å². The Hall–Kier alpha value is -0.570. The summed E-state index contributed by atoms with van der Waals surface area (Å²) in [6, 6.07) is 0.395. The molecule has 1 atom stereocenters. The molecule has 0 radical (unpaired) electrons. The van der Waals surface area contributed by atoms with Gasteiger partial charge in [0.2, 0.25) is 0 Å². The number of carboxylic acid groups (broad SMARTS) is 1. The second-order valence-corrected chi connectivity index (χ2v) is 4.73. The molecule has 1 aliphatic rings. The van der Waals surface area contributed by atoms with Gasteiger partial charge >= 0.3 is 5.97 Å². The Balaban J connectivity index is 2.73.